The van der Waals surface area contributed by atoms with E-state index >= 15 is 0 Å². The fraction of sp³-hybridized carbons (Fsp3) is 0.214. The maximum Gasteiger partial charge on any atom is 0.252 e. The molecule has 0 saturated heterocycles. The number of hydrogen-bond donors (Lipinski definition) is 3. The molecule has 0 spiro atoms. The van der Waals surface area contributed by atoms with Crippen molar-refractivity contribution in [2.45, 2.75) is 26.4 Å². The van der Waals surface area contributed by atoms with Crippen molar-refractivity contribution in [2.75, 3.05) is 19.5 Å². The summed E-state index contributed by atoms with van der Waals surface area (Å²) in [7, 11) is 3.15. The Morgan fingerprint density at radius 1 is 0.971 bits per heavy atom. The Hall–Kier alpha value is -4.10. The lowest BCUT2D eigenvalue weighted by Crippen LogP contribution is -2.16. The van der Waals surface area contributed by atoms with Crippen LogP contribution in [0, 0.1) is 0 Å². The first-order chi connectivity index (χ1) is 17.0. The normalized spacial score (nSPS) is 10.8. The van der Waals surface area contributed by atoms with E-state index in [4.69, 9.17) is 15.2 Å². The Morgan fingerprint density at radius 3 is 2.40 bits per heavy atom. The second-order valence-corrected chi connectivity index (χ2v) is 8.15. The minimum absolute atomic E-state index is 0.305. The summed E-state index contributed by atoms with van der Waals surface area (Å²) in [5.41, 5.74) is 11.8. The van der Waals surface area contributed by atoms with Gasteiger partial charge in [0.05, 0.1) is 31.0 Å². The van der Waals surface area contributed by atoms with E-state index in [0.29, 0.717) is 33.7 Å². The zero-order valence-corrected chi connectivity index (χ0v) is 20.2. The predicted octanol–water partition coefficient (Wildman–Crippen LogP) is 4.95. The second-order valence-electron chi connectivity index (χ2n) is 8.15. The quantitative estimate of drug-likeness (QED) is 0.303. The number of ether oxygens (including phenoxy) is 2. The summed E-state index contributed by atoms with van der Waals surface area (Å²) < 4.78 is 10.9. The molecule has 0 atom stereocenters. The third kappa shape index (κ3) is 5.20. The summed E-state index contributed by atoms with van der Waals surface area (Å²) in [5.74, 6) is 0.544. The first-order valence-corrected chi connectivity index (χ1v) is 11.5. The maximum absolute atomic E-state index is 12.3. The van der Waals surface area contributed by atoms with Crippen molar-refractivity contribution < 1.29 is 14.3 Å². The molecule has 0 bridgehead atoms. The van der Waals surface area contributed by atoms with Gasteiger partial charge in [0, 0.05) is 36.4 Å². The molecule has 0 aliphatic carbocycles. The van der Waals surface area contributed by atoms with Crippen LogP contribution in [0.2, 0.25) is 0 Å². The molecular formula is C28H30N4O3. The number of nitrogens with one attached hydrogen (secondary N) is 2. The molecule has 0 radical (unpaired) electrons. The summed E-state index contributed by atoms with van der Waals surface area (Å²) in [6.07, 6.45) is 2.31. The Labute approximate surface area is 205 Å². The Bertz CT molecular complexity index is 1340. The summed E-state index contributed by atoms with van der Waals surface area (Å²) in [6, 6.07) is 20.1. The van der Waals surface area contributed by atoms with Gasteiger partial charge in [0.2, 0.25) is 0 Å². The summed E-state index contributed by atoms with van der Waals surface area (Å²) in [4.78, 5) is 16.7. The number of nitrogens with two attached hydrogens (primary N) is 1. The molecule has 180 valence electrons. The van der Waals surface area contributed by atoms with E-state index in [0.717, 1.165) is 30.8 Å². The summed E-state index contributed by atoms with van der Waals surface area (Å²) >= 11 is 0. The predicted molar refractivity (Wildman–Crippen MR) is 139 cm³/mol. The minimum Gasteiger partial charge on any atom is -0.493 e. The topological polar surface area (TPSA) is 98.5 Å². The van der Waals surface area contributed by atoms with Gasteiger partial charge in [0.1, 0.15) is 0 Å². The number of hydrogen-bond acceptors (Lipinski definition) is 6. The SMILES string of the molecule is CCc1c(CNCc2ccccc2)cccc1Nc1c(C(N)=O)cnc2cc(OC)c(OC)cc12. The number of methoxy groups -OCH3 is 2. The van der Waals surface area contributed by atoms with E-state index in [9.17, 15) is 4.79 Å². The van der Waals surface area contributed by atoms with Gasteiger partial charge in [-0.05, 0) is 35.2 Å². The molecule has 0 unspecified atom stereocenters. The molecule has 4 aromatic rings. The molecule has 35 heavy (non-hydrogen) atoms. The number of nitrogens with zero attached hydrogens (tertiary/aromatic N) is 1. The van der Waals surface area contributed by atoms with E-state index in [1.54, 1.807) is 20.3 Å². The van der Waals surface area contributed by atoms with E-state index in [1.807, 2.05) is 36.4 Å². The molecule has 0 aliphatic heterocycles. The molecule has 4 N–H and O–H groups in total. The van der Waals surface area contributed by atoms with Gasteiger partial charge in [-0.1, -0.05) is 49.4 Å². The largest absolute Gasteiger partial charge is 0.493 e. The Kier molecular flexibility index (Phi) is 7.48. The number of aromatic nitrogens is 1. The number of fused-ring (bicyclic) bond motifs is 1. The fourth-order valence-corrected chi connectivity index (χ4v) is 4.25. The maximum atomic E-state index is 12.3. The summed E-state index contributed by atoms with van der Waals surface area (Å²) in [5, 5.41) is 7.73. The van der Waals surface area contributed by atoms with Gasteiger partial charge < -0.3 is 25.8 Å². The first-order valence-electron chi connectivity index (χ1n) is 11.5. The highest BCUT2D eigenvalue weighted by Crippen LogP contribution is 2.37. The molecule has 1 heterocycles. The number of anilines is 2. The van der Waals surface area contributed by atoms with Crippen LogP contribution in [0.1, 0.15) is 34.0 Å². The molecule has 3 aromatic carbocycles. The van der Waals surface area contributed by atoms with Crippen LogP contribution >= 0.6 is 0 Å². The molecule has 0 aliphatic rings. The molecule has 7 nitrogen and oxygen atoms in total. The van der Waals surface area contributed by atoms with Crippen LogP contribution in [0.3, 0.4) is 0 Å². The van der Waals surface area contributed by atoms with E-state index in [2.05, 4.69) is 40.7 Å². The highest BCUT2D eigenvalue weighted by atomic mass is 16.5. The lowest BCUT2D eigenvalue weighted by Gasteiger charge is -2.19. The Balaban J connectivity index is 1.71. The smallest absolute Gasteiger partial charge is 0.252 e. The number of primary amides is 1. The average Bonchev–Trinajstić information content (AvgIpc) is 2.88. The first kappa shape index (κ1) is 24.0. The van der Waals surface area contributed by atoms with Crippen molar-refractivity contribution in [2.24, 2.45) is 5.73 Å². The van der Waals surface area contributed by atoms with Gasteiger partial charge in [-0.2, -0.15) is 0 Å². The third-order valence-electron chi connectivity index (χ3n) is 6.01. The molecule has 1 amide bonds. The van der Waals surface area contributed by atoms with Crippen molar-refractivity contribution in [1.29, 1.82) is 0 Å². The number of amides is 1. The van der Waals surface area contributed by atoms with Crippen LogP contribution in [0.15, 0.2) is 66.9 Å². The number of carbonyl (C=O) groups excluding carboxylic acids is 1. The van der Waals surface area contributed by atoms with Crippen molar-refractivity contribution in [3.63, 3.8) is 0 Å². The average molecular weight is 471 g/mol. The summed E-state index contributed by atoms with van der Waals surface area (Å²) in [6.45, 7) is 3.62. The van der Waals surface area contributed by atoms with Gasteiger partial charge in [0.15, 0.2) is 11.5 Å². The van der Waals surface area contributed by atoms with E-state index < -0.39 is 5.91 Å². The highest BCUT2D eigenvalue weighted by Gasteiger charge is 2.18. The molecular weight excluding hydrogens is 440 g/mol. The lowest BCUT2D eigenvalue weighted by molar-refractivity contribution is 0.100. The van der Waals surface area contributed by atoms with Gasteiger partial charge in [0.25, 0.3) is 5.91 Å². The van der Waals surface area contributed by atoms with Crippen molar-refractivity contribution in [3.8, 4) is 11.5 Å². The standard InChI is InChI=1S/C28H30N4O3/c1-4-20-19(16-30-15-18-9-6-5-7-10-18)11-8-12-23(20)32-27-21-13-25(34-2)26(35-3)14-24(21)31-17-22(27)28(29)33/h5-14,17,30H,4,15-16H2,1-3H3,(H2,29,33)(H,31,32). The zero-order valence-electron chi connectivity index (χ0n) is 20.2. The minimum atomic E-state index is -0.560. The third-order valence-corrected chi connectivity index (χ3v) is 6.01. The lowest BCUT2D eigenvalue weighted by atomic mass is 10.0. The van der Waals surface area contributed by atoms with Crippen LogP contribution < -0.4 is 25.8 Å². The highest BCUT2D eigenvalue weighted by molar-refractivity contribution is 6.08. The van der Waals surface area contributed by atoms with Gasteiger partial charge >= 0.3 is 0 Å². The second kappa shape index (κ2) is 10.9. The number of rotatable bonds is 10. The number of benzene rings is 3. The van der Waals surface area contributed by atoms with Crippen LogP contribution in [-0.4, -0.2) is 25.1 Å². The molecule has 0 fully saturated rings. The van der Waals surface area contributed by atoms with Crippen LogP contribution in [0.5, 0.6) is 11.5 Å². The van der Waals surface area contributed by atoms with Crippen molar-refractivity contribution >= 4 is 28.2 Å². The number of pyridine rings is 1. The van der Waals surface area contributed by atoms with Crippen molar-refractivity contribution in [1.82, 2.24) is 10.3 Å². The fourth-order valence-electron chi connectivity index (χ4n) is 4.25. The van der Waals surface area contributed by atoms with Gasteiger partial charge in [-0.15, -0.1) is 0 Å². The van der Waals surface area contributed by atoms with Crippen LogP contribution in [-0.2, 0) is 19.5 Å². The van der Waals surface area contributed by atoms with Crippen LogP contribution in [0.25, 0.3) is 10.9 Å². The van der Waals surface area contributed by atoms with E-state index in [1.165, 1.54) is 17.3 Å². The van der Waals surface area contributed by atoms with Crippen LogP contribution in [0.4, 0.5) is 11.4 Å². The number of carbonyl (C=O) groups is 1. The monoisotopic (exact) mass is 470 g/mol. The molecule has 4 rings (SSSR count). The van der Waals surface area contributed by atoms with Gasteiger partial charge in [-0.3, -0.25) is 9.78 Å². The molecule has 0 saturated carbocycles. The zero-order chi connectivity index (χ0) is 24.8. The van der Waals surface area contributed by atoms with Crippen molar-refractivity contribution in [3.05, 3.63) is 89.1 Å². The Morgan fingerprint density at radius 2 is 1.71 bits per heavy atom. The molecule has 1 aromatic heterocycles. The van der Waals surface area contributed by atoms with E-state index in [-0.39, 0.29) is 0 Å². The van der Waals surface area contributed by atoms with Gasteiger partial charge in [-0.25, -0.2) is 0 Å². The molecule has 7 heteroatoms.